The Morgan fingerprint density at radius 1 is 1.26 bits per heavy atom. The van der Waals surface area contributed by atoms with Gasteiger partial charge in [-0.15, -0.1) is 0 Å². The van der Waals surface area contributed by atoms with Gasteiger partial charge in [0.2, 0.25) is 5.91 Å². The second-order valence-electron chi connectivity index (χ2n) is 7.33. The minimum Gasteiger partial charge on any atom is -0.356 e. The van der Waals surface area contributed by atoms with Crippen molar-refractivity contribution < 1.29 is 4.79 Å². The lowest BCUT2D eigenvalue weighted by molar-refractivity contribution is -0.118. The van der Waals surface area contributed by atoms with Crippen LogP contribution in [0.3, 0.4) is 0 Å². The van der Waals surface area contributed by atoms with E-state index in [9.17, 15) is 4.79 Å². The van der Waals surface area contributed by atoms with Crippen molar-refractivity contribution in [3.63, 3.8) is 0 Å². The highest BCUT2D eigenvalue weighted by Gasteiger charge is 2.24. The molecule has 1 amide bonds. The Labute approximate surface area is 163 Å². The number of likely N-dealkylation sites (N-methyl/N-ethyl adjacent to an activating group) is 1. The summed E-state index contributed by atoms with van der Waals surface area (Å²) in [5.74, 6) is 1.05. The summed E-state index contributed by atoms with van der Waals surface area (Å²) in [5.41, 5.74) is 2.37. The van der Waals surface area contributed by atoms with Crippen LogP contribution in [-0.4, -0.2) is 62.6 Å². The molecule has 1 saturated heterocycles. The lowest BCUT2D eigenvalue weighted by atomic mass is 10.2. The largest absolute Gasteiger partial charge is 0.356 e. The van der Waals surface area contributed by atoms with E-state index in [0.29, 0.717) is 12.5 Å². The number of likely N-dealkylation sites (tertiary alicyclic amines) is 1. The average molecular weight is 372 g/mol. The van der Waals surface area contributed by atoms with Crippen LogP contribution in [0.5, 0.6) is 0 Å². The fourth-order valence-corrected chi connectivity index (χ4v) is 4.16. The van der Waals surface area contributed by atoms with E-state index in [1.54, 1.807) is 7.05 Å². The number of aliphatic imine (C=N–C) groups is 1. The van der Waals surface area contributed by atoms with Crippen LogP contribution in [0.25, 0.3) is 0 Å². The Morgan fingerprint density at radius 2 is 2.11 bits per heavy atom. The van der Waals surface area contributed by atoms with Crippen molar-refractivity contribution in [1.29, 1.82) is 0 Å². The van der Waals surface area contributed by atoms with Crippen molar-refractivity contribution >= 4 is 17.6 Å². The minimum atomic E-state index is 0.217. The molecule has 6 nitrogen and oxygen atoms in total. The maximum atomic E-state index is 12.5. The first-order valence-corrected chi connectivity index (χ1v) is 10.3. The molecular weight excluding hydrogens is 338 g/mol. The Hall–Kier alpha value is -2.08. The number of carbonyl (C=O) groups excluding carboxylic acids is 1. The molecule has 0 radical (unpaired) electrons. The predicted molar refractivity (Wildman–Crippen MR) is 111 cm³/mol. The van der Waals surface area contributed by atoms with E-state index >= 15 is 0 Å². The standard InChI is InChI=1S/C21H33N5O/c1-3-25-14-7-9-18(25)16-24-21(22-2)23-13-6-11-20(27)26-15-12-17-8-4-5-10-19(17)26/h4-5,8,10,18H,3,6-7,9,11-16H2,1-2H3,(H2,22,23,24). The third-order valence-electron chi connectivity index (χ3n) is 5.68. The fraction of sp³-hybridized carbons (Fsp3) is 0.619. The molecule has 0 saturated carbocycles. The topological polar surface area (TPSA) is 60.0 Å². The van der Waals surface area contributed by atoms with E-state index in [0.717, 1.165) is 50.7 Å². The quantitative estimate of drug-likeness (QED) is 0.437. The number of para-hydroxylation sites is 1. The summed E-state index contributed by atoms with van der Waals surface area (Å²) in [6, 6.07) is 8.81. The van der Waals surface area contributed by atoms with Gasteiger partial charge in [-0.25, -0.2) is 0 Å². The molecule has 148 valence electrons. The third-order valence-corrected chi connectivity index (χ3v) is 5.68. The number of carbonyl (C=O) groups is 1. The van der Waals surface area contributed by atoms with Crippen molar-refractivity contribution in [3.8, 4) is 0 Å². The van der Waals surface area contributed by atoms with E-state index in [1.165, 1.54) is 24.9 Å². The third kappa shape index (κ3) is 5.01. The average Bonchev–Trinajstić information content (AvgIpc) is 3.33. The Kier molecular flexibility index (Phi) is 7.10. The molecule has 2 aliphatic heterocycles. The first-order valence-electron chi connectivity index (χ1n) is 10.3. The maximum Gasteiger partial charge on any atom is 0.227 e. The monoisotopic (exact) mass is 371 g/mol. The molecule has 27 heavy (non-hydrogen) atoms. The number of anilines is 1. The van der Waals surface area contributed by atoms with Gasteiger partial charge in [0.15, 0.2) is 5.96 Å². The van der Waals surface area contributed by atoms with Gasteiger partial charge < -0.3 is 15.5 Å². The van der Waals surface area contributed by atoms with E-state index in [2.05, 4.69) is 33.5 Å². The molecule has 6 heteroatoms. The van der Waals surface area contributed by atoms with Gasteiger partial charge in [-0.3, -0.25) is 14.7 Å². The highest BCUT2D eigenvalue weighted by molar-refractivity contribution is 5.95. The maximum absolute atomic E-state index is 12.5. The Bertz CT molecular complexity index is 660. The second kappa shape index (κ2) is 9.74. The van der Waals surface area contributed by atoms with Gasteiger partial charge in [0.25, 0.3) is 0 Å². The first-order chi connectivity index (χ1) is 13.2. The zero-order chi connectivity index (χ0) is 19.1. The fourth-order valence-electron chi connectivity index (χ4n) is 4.16. The summed E-state index contributed by atoms with van der Waals surface area (Å²) in [6.45, 7) is 7.03. The molecule has 2 N–H and O–H groups in total. The van der Waals surface area contributed by atoms with Gasteiger partial charge in [-0.1, -0.05) is 25.1 Å². The van der Waals surface area contributed by atoms with Gasteiger partial charge in [0.05, 0.1) is 0 Å². The van der Waals surface area contributed by atoms with Crippen LogP contribution in [-0.2, 0) is 11.2 Å². The zero-order valence-corrected chi connectivity index (χ0v) is 16.7. The smallest absolute Gasteiger partial charge is 0.227 e. The molecule has 0 aromatic heterocycles. The lowest BCUT2D eigenvalue weighted by Crippen LogP contribution is -2.45. The zero-order valence-electron chi connectivity index (χ0n) is 16.7. The van der Waals surface area contributed by atoms with Gasteiger partial charge in [0.1, 0.15) is 0 Å². The summed E-state index contributed by atoms with van der Waals surface area (Å²) < 4.78 is 0. The molecule has 1 fully saturated rings. The van der Waals surface area contributed by atoms with Gasteiger partial charge in [0, 0.05) is 44.8 Å². The van der Waals surface area contributed by atoms with Gasteiger partial charge in [-0.2, -0.15) is 0 Å². The summed E-state index contributed by atoms with van der Waals surface area (Å²) in [6.07, 6.45) is 4.87. The van der Waals surface area contributed by atoms with E-state index in [1.807, 2.05) is 23.1 Å². The molecule has 1 aromatic carbocycles. The molecule has 1 aromatic rings. The highest BCUT2D eigenvalue weighted by Crippen LogP contribution is 2.27. The molecular formula is C21H33N5O. The Morgan fingerprint density at radius 3 is 2.93 bits per heavy atom. The van der Waals surface area contributed by atoms with E-state index in [4.69, 9.17) is 0 Å². The number of rotatable bonds is 7. The van der Waals surface area contributed by atoms with Crippen molar-refractivity contribution in [2.75, 3.05) is 44.7 Å². The molecule has 2 aliphatic rings. The summed E-state index contributed by atoms with van der Waals surface area (Å²) >= 11 is 0. The predicted octanol–water partition coefficient (Wildman–Crippen LogP) is 2.01. The van der Waals surface area contributed by atoms with Crippen LogP contribution < -0.4 is 15.5 Å². The van der Waals surface area contributed by atoms with Gasteiger partial charge in [-0.05, 0) is 50.4 Å². The van der Waals surface area contributed by atoms with Crippen molar-refractivity contribution in [3.05, 3.63) is 29.8 Å². The molecule has 0 spiro atoms. The molecule has 1 unspecified atom stereocenters. The van der Waals surface area contributed by atoms with Crippen molar-refractivity contribution in [2.24, 2.45) is 4.99 Å². The van der Waals surface area contributed by atoms with E-state index in [-0.39, 0.29) is 5.91 Å². The van der Waals surface area contributed by atoms with Crippen LogP contribution in [0.4, 0.5) is 5.69 Å². The van der Waals surface area contributed by atoms with E-state index < -0.39 is 0 Å². The first kappa shape index (κ1) is 19.7. The number of fused-ring (bicyclic) bond motifs is 1. The number of nitrogens with zero attached hydrogens (tertiary/aromatic N) is 3. The summed E-state index contributed by atoms with van der Waals surface area (Å²) in [7, 11) is 1.80. The second-order valence-corrected chi connectivity index (χ2v) is 7.33. The van der Waals surface area contributed by atoms with Crippen LogP contribution in [0.15, 0.2) is 29.3 Å². The van der Waals surface area contributed by atoms with Crippen LogP contribution in [0, 0.1) is 0 Å². The van der Waals surface area contributed by atoms with Crippen molar-refractivity contribution in [2.45, 2.75) is 45.1 Å². The molecule has 0 aliphatic carbocycles. The molecule has 2 heterocycles. The lowest BCUT2D eigenvalue weighted by Gasteiger charge is -2.24. The summed E-state index contributed by atoms with van der Waals surface area (Å²) in [5, 5.41) is 6.77. The number of hydrogen-bond donors (Lipinski definition) is 2. The number of nitrogens with one attached hydrogen (secondary N) is 2. The van der Waals surface area contributed by atoms with Gasteiger partial charge >= 0.3 is 0 Å². The van der Waals surface area contributed by atoms with Crippen molar-refractivity contribution in [1.82, 2.24) is 15.5 Å². The normalized spacial score (nSPS) is 20.0. The molecule has 3 rings (SSSR count). The van der Waals surface area contributed by atoms with Crippen LogP contribution >= 0.6 is 0 Å². The van der Waals surface area contributed by atoms with Crippen LogP contribution in [0.1, 0.15) is 38.2 Å². The minimum absolute atomic E-state index is 0.217. The number of benzene rings is 1. The van der Waals surface area contributed by atoms with Crippen LogP contribution in [0.2, 0.25) is 0 Å². The molecule has 0 bridgehead atoms. The molecule has 1 atom stereocenters. The number of hydrogen-bond acceptors (Lipinski definition) is 3. The summed E-state index contributed by atoms with van der Waals surface area (Å²) in [4.78, 5) is 21.3. The number of guanidine groups is 1. The SMILES string of the molecule is CCN1CCCC1CNC(=NC)NCCCC(=O)N1CCc2ccccc21. The highest BCUT2D eigenvalue weighted by atomic mass is 16.2. The number of amides is 1. The Balaban J connectivity index is 1.36.